The van der Waals surface area contributed by atoms with Gasteiger partial charge >= 0.3 is 0 Å². The van der Waals surface area contributed by atoms with E-state index in [0.29, 0.717) is 67.1 Å². The lowest BCUT2D eigenvalue weighted by Gasteiger charge is -2.48. The first-order valence-corrected chi connectivity index (χ1v) is 21.1. The summed E-state index contributed by atoms with van der Waals surface area (Å²) in [6.07, 6.45) is 4.86. The van der Waals surface area contributed by atoms with Crippen LogP contribution in [0.5, 0.6) is 0 Å². The SMILES string of the molecule is CC(CCC(=O)NC=O)N1C(=O)c2ccc(N3CC(F)(CN4CCC(n5cc6cc(NC(=O)c7cnn8ccc(N9CC%10C[C@H]9CO%10)nc78)c(C(F)F)cc6n5)CC4)C3)cc2C1=O. The molecule has 2 unspecified atom stereocenters. The molecule has 5 aliphatic rings. The average Bonchev–Trinajstić information content (AvgIpc) is 4.11. The molecule has 328 valence electrons. The molecule has 0 spiro atoms. The normalized spacial score (nSPS) is 21.4. The lowest BCUT2D eigenvalue weighted by Crippen LogP contribution is -2.64. The Morgan fingerprint density at radius 1 is 1.05 bits per heavy atom. The molecule has 20 heteroatoms. The molecule has 2 aromatic carbocycles. The van der Waals surface area contributed by atoms with Crippen LogP contribution < -0.4 is 20.4 Å². The Balaban J connectivity index is 0.754. The lowest BCUT2D eigenvalue weighted by molar-refractivity contribution is -0.125. The van der Waals surface area contributed by atoms with Gasteiger partial charge in [-0.25, -0.2) is 22.7 Å². The Hall–Kier alpha value is -6.41. The quantitative estimate of drug-likeness (QED) is 0.128. The van der Waals surface area contributed by atoms with Gasteiger partial charge in [-0.05, 0) is 69.0 Å². The summed E-state index contributed by atoms with van der Waals surface area (Å²) in [6.45, 7) is 4.62. The highest BCUT2D eigenvalue weighted by molar-refractivity contribution is 6.22. The highest BCUT2D eigenvalue weighted by atomic mass is 19.3. The van der Waals surface area contributed by atoms with Crippen LogP contribution in [-0.4, -0.2) is 134 Å². The van der Waals surface area contributed by atoms with Crippen LogP contribution in [0.15, 0.2) is 55.0 Å². The number of carbonyl (C=O) groups excluding carboxylic acids is 5. The number of aromatic nitrogens is 5. The second-order valence-corrected chi connectivity index (χ2v) is 17.3. The van der Waals surface area contributed by atoms with E-state index >= 15 is 4.39 Å². The summed E-state index contributed by atoms with van der Waals surface area (Å²) in [5, 5.41) is 14.2. The van der Waals surface area contributed by atoms with Crippen molar-refractivity contribution in [3.05, 3.63) is 77.2 Å². The number of morpholine rings is 1. The van der Waals surface area contributed by atoms with Crippen LogP contribution in [0.1, 0.15) is 88.1 Å². The zero-order valence-corrected chi connectivity index (χ0v) is 34.3. The zero-order chi connectivity index (χ0) is 43.7. The number of likely N-dealkylation sites (tertiary alicyclic amines) is 1. The third-order valence-electron chi connectivity index (χ3n) is 13.1. The first-order chi connectivity index (χ1) is 30.3. The van der Waals surface area contributed by atoms with Crippen LogP contribution in [0.2, 0.25) is 0 Å². The summed E-state index contributed by atoms with van der Waals surface area (Å²) in [4.78, 5) is 74.2. The molecule has 3 atom stereocenters. The molecular weight excluding hydrogens is 824 g/mol. The van der Waals surface area contributed by atoms with Crippen molar-refractivity contribution in [2.75, 3.05) is 61.0 Å². The fourth-order valence-electron chi connectivity index (χ4n) is 9.75. The van der Waals surface area contributed by atoms with Gasteiger partial charge in [0.05, 0.1) is 66.4 Å². The number of imide groups is 2. The minimum atomic E-state index is -2.88. The standard InChI is InChI=1S/C43H44F3N11O6/c1-24(2-5-37(59)47-23-58)57-41(61)30-4-3-27(14-31(30)42(57)62)53-21-43(46,22-53)20-52-9-6-26(7-10-52)56-17-25-12-35(32(38(44)45)15-34(25)51-56)49-40(60)33-16-48-55-11-8-36(50-39(33)55)54-18-29-13-28(54)19-63-29/h3-4,8,11-12,14-17,23-24,26,28-29,38H,2,5-7,9-10,13,18-22H2,1H3,(H,49,60)(H,47,58,59)/t24?,28-,29?/m0/s1. The monoisotopic (exact) mass is 867 g/mol. The fraction of sp³-hybridized carbons (Fsp3) is 0.442. The molecule has 2 bridgehead atoms. The molecule has 17 nitrogen and oxygen atoms in total. The first-order valence-electron chi connectivity index (χ1n) is 21.1. The van der Waals surface area contributed by atoms with Gasteiger partial charge in [0.1, 0.15) is 11.4 Å². The molecule has 0 aliphatic carbocycles. The van der Waals surface area contributed by atoms with E-state index in [-0.39, 0.29) is 85.0 Å². The molecule has 0 radical (unpaired) electrons. The largest absolute Gasteiger partial charge is 0.374 e. The van der Waals surface area contributed by atoms with Crippen molar-refractivity contribution in [2.24, 2.45) is 0 Å². The Labute approximate surface area is 358 Å². The number of nitrogens with zero attached hydrogens (tertiary/aromatic N) is 9. The van der Waals surface area contributed by atoms with Crippen LogP contribution in [0.25, 0.3) is 16.6 Å². The molecule has 4 saturated heterocycles. The number of anilines is 3. The van der Waals surface area contributed by atoms with Crippen molar-refractivity contribution in [1.29, 1.82) is 0 Å². The van der Waals surface area contributed by atoms with E-state index in [0.717, 1.165) is 11.3 Å². The molecular formula is C43H44F3N11O6. The number of halogens is 3. The molecule has 4 fully saturated rings. The van der Waals surface area contributed by atoms with E-state index in [2.05, 4.69) is 25.3 Å². The second kappa shape index (κ2) is 15.7. The number of hydrogen-bond acceptors (Lipinski definition) is 12. The van der Waals surface area contributed by atoms with Crippen molar-refractivity contribution >= 4 is 63.8 Å². The Morgan fingerprint density at radius 2 is 1.84 bits per heavy atom. The van der Waals surface area contributed by atoms with E-state index < -0.39 is 41.8 Å². The number of alkyl halides is 3. The second-order valence-electron chi connectivity index (χ2n) is 17.3. The van der Waals surface area contributed by atoms with Crippen LogP contribution in [0.4, 0.5) is 30.4 Å². The number of hydrogen-bond donors (Lipinski definition) is 2. The van der Waals surface area contributed by atoms with E-state index in [4.69, 9.17) is 9.72 Å². The summed E-state index contributed by atoms with van der Waals surface area (Å²) in [7, 11) is 0. The summed E-state index contributed by atoms with van der Waals surface area (Å²) in [5.41, 5.74) is 0.0647. The molecule has 0 saturated carbocycles. The fourth-order valence-corrected chi connectivity index (χ4v) is 9.75. The smallest absolute Gasteiger partial charge is 0.265 e. The van der Waals surface area contributed by atoms with Crippen molar-refractivity contribution in [3.63, 3.8) is 0 Å². The van der Waals surface area contributed by atoms with Gasteiger partial charge in [0.25, 0.3) is 24.1 Å². The molecule has 2 N–H and O–H groups in total. The molecule has 3 aromatic heterocycles. The third-order valence-corrected chi connectivity index (χ3v) is 13.1. The maximum atomic E-state index is 16.1. The Kier molecular flexibility index (Phi) is 10.2. The number of ether oxygens (including phenoxy) is 1. The Bertz CT molecular complexity index is 2670. The van der Waals surface area contributed by atoms with E-state index in [1.54, 1.807) is 42.2 Å². The highest BCUT2D eigenvalue weighted by Crippen LogP contribution is 2.38. The van der Waals surface area contributed by atoms with Crippen LogP contribution in [0, 0.1) is 0 Å². The number of carbonyl (C=O) groups is 5. The highest BCUT2D eigenvalue weighted by Gasteiger charge is 2.47. The van der Waals surface area contributed by atoms with Gasteiger partial charge < -0.3 is 19.9 Å². The van der Waals surface area contributed by atoms with Gasteiger partial charge in [0.2, 0.25) is 12.3 Å². The van der Waals surface area contributed by atoms with Gasteiger partial charge in [0, 0.05) is 67.7 Å². The summed E-state index contributed by atoms with van der Waals surface area (Å²) >= 11 is 0. The number of piperidine rings is 1. The van der Waals surface area contributed by atoms with Crippen molar-refractivity contribution in [1.82, 2.24) is 39.5 Å². The number of rotatable bonds is 13. The minimum Gasteiger partial charge on any atom is -0.374 e. The van der Waals surface area contributed by atoms with Gasteiger partial charge in [0.15, 0.2) is 11.3 Å². The number of nitrogens with one attached hydrogen (secondary N) is 2. The van der Waals surface area contributed by atoms with E-state index in [1.165, 1.54) is 22.8 Å². The third kappa shape index (κ3) is 7.43. The van der Waals surface area contributed by atoms with Crippen molar-refractivity contribution in [2.45, 2.75) is 75.4 Å². The van der Waals surface area contributed by atoms with Crippen LogP contribution >= 0.6 is 0 Å². The van der Waals surface area contributed by atoms with E-state index in [1.807, 2.05) is 16.3 Å². The topological polar surface area (TPSA) is 180 Å². The minimum absolute atomic E-state index is 0.0283. The predicted octanol–water partition coefficient (Wildman–Crippen LogP) is 4.15. The first kappa shape index (κ1) is 40.6. The zero-order valence-electron chi connectivity index (χ0n) is 34.3. The summed E-state index contributed by atoms with van der Waals surface area (Å²) in [5.74, 6) is -1.35. The Morgan fingerprint density at radius 3 is 2.57 bits per heavy atom. The number of amides is 5. The average molecular weight is 868 g/mol. The summed E-state index contributed by atoms with van der Waals surface area (Å²) in [6, 6.07) is 9.15. The van der Waals surface area contributed by atoms with Crippen molar-refractivity contribution in [3.8, 4) is 0 Å². The summed E-state index contributed by atoms with van der Waals surface area (Å²) < 4.78 is 54.0. The van der Waals surface area contributed by atoms with Gasteiger partial charge in [-0.1, -0.05) is 0 Å². The van der Waals surface area contributed by atoms with Crippen molar-refractivity contribution < 1.29 is 41.9 Å². The molecule has 10 rings (SSSR count). The molecule has 5 aromatic rings. The molecule has 8 heterocycles. The van der Waals surface area contributed by atoms with Crippen LogP contribution in [-0.2, 0) is 14.3 Å². The van der Waals surface area contributed by atoms with Gasteiger partial charge in [-0.15, -0.1) is 0 Å². The molecule has 63 heavy (non-hydrogen) atoms. The molecule has 5 amide bonds. The number of benzene rings is 2. The van der Waals surface area contributed by atoms with E-state index in [9.17, 15) is 32.8 Å². The lowest BCUT2D eigenvalue weighted by atomic mass is 9.92. The molecule has 5 aliphatic heterocycles. The van der Waals surface area contributed by atoms with Gasteiger partial charge in [-0.3, -0.25) is 43.8 Å². The van der Waals surface area contributed by atoms with Gasteiger partial charge in [-0.2, -0.15) is 10.2 Å². The predicted molar refractivity (Wildman–Crippen MR) is 222 cm³/mol. The maximum absolute atomic E-state index is 16.1. The maximum Gasteiger partial charge on any atom is 0.265 e. The number of fused-ring (bicyclic) bond motifs is 5. The van der Waals surface area contributed by atoms with Crippen LogP contribution in [0.3, 0.4) is 0 Å².